The topological polar surface area (TPSA) is 26.0 Å². The Bertz CT molecular complexity index is 1300. The maximum absolute atomic E-state index is 6.20. The van der Waals surface area contributed by atoms with Gasteiger partial charge in [0, 0.05) is 22.5 Å². The van der Waals surface area contributed by atoms with Crippen molar-refractivity contribution in [2.75, 3.05) is 0 Å². The molecular formula is C26H21NO. The third-order valence-electron chi connectivity index (χ3n) is 5.41. The molecule has 3 aromatic carbocycles. The average Bonchev–Trinajstić information content (AvgIpc) is 3.10. The Morgan fingerprint density at radius 3 is 2.46 bits per heavy atom. The standard InChI is InChI=1S/C26H21NO/c1-17-10-12-19(13-11-17)14-20-15-24(27-16-18(20)2)23-8-5-7-22-21-6-3-4-9-25(21)28-26(22)23/h3-13,15-16H,14H2,1-2H3. The summed E-state index contributed by atoms with van der Waals surface area (Å²) in [5, 5.41) is 2.28. The molecule has 5 aromatic rings. The van der Waals surface area contributed by atoms with E-state index in [1.54, 1.807) is 0 Å². The van der Waals surface area contributed by atoms with E-state index in [1.165, 1.54) is 22.3 Å². The predicted molar refractivity (Wildman–Crippen MR) is 116 cm³/mol. The van der Waals surface area contributed by atoms with E-state index in [0.717, 1.165) is 39.6 Å². The highest BCUT2D eigenvalue weighted by Gasteiger charge is 2.13. The molecule has 136 valence electrons. The molecule has 0 unspecified atom stereocenters. The first kappa shape index (κ1) is 16.8. The molecule has 28 heavy (non-hydrogen) atoms. The van der Waals surface area contributed by atoms with Crippen molar-refractivity contribution in [3.63, 3.8) is 0 Å². The van der Waals surface area contributed by atoms with Gasteiger partial charge < -0.3 is 4.42 Å². The number of nitrogens with zero attached hydrogens (tertiary/aromatic N) is 1. The number of pyridine rings is 1. The van der Waals surface area contributed by atoms with Crippen LogP contribution in [0.25, 0.3) is 33.2 Å². The van der Waals surface area contributed by atoms with Crippen LogP contribution in [0.1, 0.15) is 22.3 Å². The van der Waals surface area contributed by atoms with Crippen molar-refractivity contribution in [3.05, 3.63) is 101 Å². The van der Waals surface area contributed by atoms with Gasteiger partial charge in [0.25, 0.3) is 0 Å². The van der Waals surface area contributed by atoms with E-state index < -0.39 is 0 Å². The second kappa shape index (κ2) is 6.65. The SMILES string of the molecule is Cc1ccc(Cc2cc(-c3cccc4c3oc3ccccc34)ncc2C)cc1. The van der Waals surface area contributed by atoms with Gasteiger partial charge in [0.05, 0.1) is 5.69 Å². The van der Waals surface area contributed by atoms with Crippen molar-refractivity contribution in [1.29, 1.82) is 0 Å². The van der Waals surface area contributed by atoms with Gasteiger partial charge >= 0.3 is 0 Å². The molecule has 2 heteroatoms. The molecule has 0 atom stereocenters. The highest BCUT2D eigenvalue weighted by Crippen LogP contribution is 2.35. The van der Waals surface area contributed by atoms with Gasteiger partial charge in [0.2, 0.25) is 0 Å². The molecule has 2 aromatic heterocycles. The Balaban J connectivity index is 1.63. The predicted octanol–water partition coefficient (Wildman–Crippen LogP) is 6.86. The van der Waals surface area contributed by atoms with Crippen LogP contribution in [0.3, 0.4) is 0 Å². The third kappa shape index (κ3) is 2.87. The van der Waals surface area contributed by atoms with Gasteiger partial charge in [0.15, 0.2) is 0 Å². The summed E-state index contributed by atoms with van der Waals surface area (Å²) in [5.74, 6) is 0. The van der Waals surface area contributed by atoms with Crippen molar-refractivity contribution in [3.8, 4) is 11.3 Å². The largest absolute Gasteiger partial charge is 0.455 e. The third-order valence-corrected chi connectivity index (χ3v) is 5.41. The van der Waals surface area contributed by atoms with Crippen molar-refractivity contribution >= 4 is 21.9 Å². The summed E-state index contributed by atoms with van der Waals surface area (Å²) in [5.41, 5.74) is 8.91. The van der Waals surface area contributed by atoms with E-state index in [9.17, 15) is 0 Å². The molecule has 0 aliphatic rings. The molecule has 0 radical (unpaired) electrons. The molecule has 0 N–H and O–H groups in total. The van der Waals surface area contributed by atoms with Crippen LogP contribution in [0.5, 0.6) is 0 Å². The van der Waals surface area contributed by atoms with Crippen LogP contribution in [0.2, 0.25) is 0 Å². The van der Waals surface area contributed by atoms with Crippen LogP contribution in [-0.2, 0) is 6.42 Å². The summed E-state index contributed by atoms with van der Waals surface area (Å²) in [7, 11) is 0. The molecule has 0 saturated carbocycles. The highest BCUT2D eigenvalue weighted by molar-refractivity contribution is 6.09. The lowest BCUT2D eigenvalue weighted by molar-refractivity contribution is 0.670. The number of fused-ring (bicyclic) bond motifs is 3. The van der Waals surface area contributed by atoms with Gasteiger partial charge in [-0.15, -0.1) is 0 Å². The number of hydrogen-bond acceptors (Lipinski definition) is 2. The maximum atomic E-state index is 6.20. The van der Waals surface area contributed by atoms with Crippen LogP contribution in [0.4, 0.5) is 0 Å². The zero-order chi connectivity index (χ0) is 19.1. The first-order valence-electron chi connectivity index (χ1n) is 9.61. The van der Waals surface area contributed by atoms with E-state index >= 15 is 0 Å². The molecule has 0 saturated heterocycles. The summed E-state index contributed by atoms with van der Waals surface area (Å²) in [6.07, 6.45) is 2.87. The number of aromatic nitrogens is 1. The molecule has 0 aliphatic carbocycles. The van der Waals surface area contributed by atoms with E-state index in [2.05, 4.69) is 68.4 Å². The zero-order valence-electron chi connectivity index (χ0n) is 16.1. The van der Waals surface area contributed by atoms with Crippen molar-refractivity contribution < 1.29 is 4.42 Å². The number of aryl methyl sites for hydroxylation is 2. The van der Waals surface area contributed by atoms with Crippen molar-refractivity contribution in [2.45, 2.75) is 20.3 Å². The molecule has 0 fully saturated rings. The maximum Gasteiger partial charge on any atom is 0.144 e. The Labute approximate surface area is 164 Å². The highest BCUT2D eigenvalue weighted by atomic mass is 16.3. The summed E-state index contributed by atoms with van der Waals surface area (Å²) in [6, 6.07) is 25.4. The van der Waals surface area contributed by atoms with E-state index in [4.69, 9.17) is 9.40 Å². The van der Waals surface area contributed by atoms with Gasteiger partial charge in [-0.3, -0.25) is 4.98 Å². The fourth-order valence-electron chi connectivity index (χ4n) is 3.78. The lowest BCUT2D eigenvalue weighted by atomic mass is 9.98. The molecule has 0 bridgehead atoms. The second-order valence-corrected chi connectivity index (χ2v) is 7.44. The molecule has 0 spiro atoms. The first-order chi connectivity index (χ1) is 13.7. The van der Waals surface area contributed by atoms with Crippen molar-refractivity contribution in [2.24, 2.45) is 0 Å². The van der Waals surface area contributed by atoms with Crippen molar-refractivity contribution in [1.82, 2.24) is 4.98 Å². The Morgan fingerprint density at radius 1 is 0.821 bits per heavy atom. The molecule has 0 amide bonds. The lowest BCUT2D eigenvalue weighted by Gasteiger charge is -2.09. The number of para-hydroxylation sites is 2. The van der Waals surface area contributed by atoms with Gasteiger partial charge in [-0.05, 0) is 55.2 Å². The van der Waals surface area contributed by atoms with E-state index in [-0.39, 0.29) is 0 Å². The number of hydrogen-bond donors (Lipinski definition) is 0. The van der Waals surface area contributed by atoms with Crippen LogP contribution in [0, 0.1) is 13.8 Å². The summed E-state index contributed by atoms with van der Waals surface area (Å²) in [4.78, 5) is 4.73. The molecule has 0 aliphatic heterocycles. The average molecular weight is 363 g/mol. The summed E-state index contributed by atoms with van der Waals surface area (Å²) in [6.45, 7) is 4.25. The van der Waals surface area contributed by atoms with E-state index in [1.807, 2.05) is 24.4 Å². The second-order valence-electron chi connectivity index (χ2n) is 7.44. The van der Waals surface area contributed by atoms with Crippen LogP contribution < -0.4 is 0 Å². The number of benzene rings is 3. The fourth-order valence-corrected chi connectivity index (χ4v) is 3.78. The number of rotatable bonds is 3. The van der Waals surface area contributed by atoms with Crippen LogP contribution in [0.15, 0.2) is 83.4 Å². The van der Waals surface area contributed by atoms with Crippen LogP contribution >= 0.6 is 0 Å². The smallest absolute Gasteiger partial charge is 0.144 e. The number of furan rings is 1. The van der Waals surface area contributed by atoms with Gasteiger partial charge in [-0.1, -0.05) is 60.2 Å². The Morgan fingerprint density at radius 2 is 1.61 bits per heavy atom. The molecule has 5 rings (SSSR count). The minimum atomic E-state index is 0.901. The minimum absolute atomic E-state index is 0.901. The van der Waals surface area contributed by atoms with E-state index in [0.29, 0.717) is 0 Å². The minimum Gasteiger partial charge on any atom is -0.455 e. The molecule has 2 nitrogen and oxygen atoms in total. The Hall–Kier alpha value is -3.39. The van der Waals surface area contributed by atoms with Gasteiger partial charge in [-0.25, -0.2) is 0 Å². The summed E-state index contributed by atoms with van der Waals surface area (Å²) >= 11 is 0. The molecule has 2 heterocycles. The first-order valence-corrected chi connectivity index (χ1v) is 9.61. The molecular weight excluding hydrogens is 342 g/mol. The quantitative estimate of drug-likeness (QED) is 0.350. The normalized spacial score (nSPS) is 11.4. The lowest BCUT2D eigenvalue weighted by Crippen LogP contribution is -1.95. The fraction of sp³-hybridized carbons (Fsp3) is 0.115. The van der Waals surface area contributed by atoms with Crippen LogP contribution in [-0.4, -0.2) is 4.98 Å². The monoisotopic (exact) mass is 363 g/mol. The van der Waals surface area contributed by atoms with Gasteiger partial charge in [-0.2, -0.15) is 0 Å². The zero-order valence-corrected chi connectivity index (χ0v) is 16.1. The summed E-state index contributed by atoms with van der Waals surface area (Å²) < 4.78 is 6.20. The van der Waals surface area contributed by atoms with Gasteiger partial charge in [0.1, 0.15) is 11.2 Å². The Kier molecular flexibility index (Phi) is 3.98.